The Kier molecular flexibility index (Phi) is 7.03. The molecule has 0 fully saturated rings. The third-order valence-electron chi connectivity index (χ3n) is 2.98. The van der Waals surface area contributed by atoms with E-state index >= 15 is 0 Å². The maximum atomic E-state index is 5.88. The molecular weight excluding hydrogens is 397 g/mol. The summed E-state index contributed by atoms with van der Waals surface area (Å²) in [6.45, 7) is 6.67. The highest BCUT2D eigenvalue weighted by Gasteiger charge is 2.02. The lowest BCUT2D eigenvalue weighted by Crippen LogP contribution is -2.22. The number of anilines is 1. The summed E-state index contributed by atoms with van der Waals surface area (Å²) in [4.78, 5) is 4.28. The Morgan fingerprint density at radius 2 is 1.95 bits per heavy atom. The summed E-state index contributed by atoms with van der Waals surface area (Å²) in [5.41, 5.74) is 9.30. The second-order valence-electron chi connectivity index (χ2n) is 4.57. The molecule has 0 saturated heterocycles. The van der Waals surface area contributed by atoms with Gasteiger partial charge in [-0.25, -0.2) is 4.99 Å². The highest BCUT2D eigenvalue weighted by molar-refractivity contribution is 14.0. The summed E-state index contributed by atoms with van der Waals surface area (Å²) in [7, 11) is 0. The summed E-state index contributed by atoms with van der Waals surface area (Å²) in [6.07, 6.45) is 0.901. The van der Waals surface area contributed by atoms with Crippen LogP contribution in [0.1, 0.15) is 28.1 Å². The Morgan fingerprint density at radius 3 is 2.57 bits per heavy atom. The SMILES string of the molecule is CCc1nnc(CN=C(N)Nc2ccc(C)c(C)c2)s1.I. The van der Waals surface area contributed by atoms with Crippen LogP contribution in [0.3, 0.4) is 0 Å². The molecule has 0 bridgehead atoms. The molecule has 0 aliphatic heterocycles. The molecule has 0 aliphatic carbocycles. The lowest BCUT2D eigenvalue weighted by molar-refractivity contribution is 0.921. The molecule has 0 amide bonds. The number of nitrogens with zero attached hydrogens (tertiary/aromatic N) is 3. The quantitative estimate of drug-likeness (QED) is 0.455. The van der Waals surface area contributed by atoms with Crippen molar-refractivity contribution in [3.05, 3.63) is 39.3 Å². The molecule has 21 heavy (non-hydrogen) atoms. The minimum atomic E-state index is 0. The van der Waals surface area contributed by atoms with Gasteiger partial charge in [-0.15, -0.1) is 34.2 Å². The summed E-state index contributed by atoms with van der Waals surface area (Å²) in [5.74, 6) is 0.390. The van der Waals surface area contributed by atoms with Crippen LogP contribution in [0.15, 0.2) is 23.2 Å². The summed E-state index contributed by atoms with van der Waals surface area (Å²) < 4.78 is 0. The average Bonchev–Trinajstić information content (AvgIpc) is 2.89. The molecule has 2 rings (SSSR count). The molecule has 5 nitrogen and oxygen atoms in total. The number of nitrogens with one attached hydrogen (secondary N) is 1. The highest BCUT2D eigenvalue weighted by Crippen LogP contribution is 2.14. The van der Waals surface area contributed by atoms with Gasteiger partial charge >= 0.3 is 0 Å². The van der Waals surface area contributed by atoms with E-state index in [1.54, 1.807) is 11.3 Å². The van der Waals surface area contributed by atoms with Gasteiger partial charge in [0.2, 0.25) is 0 Å². The summed E-state index contributed by atoms with van der Waals surface area (Å²) >= 11 is 1.57. The van der Waals surface area contributed by atoms with Crippen molar-refractivity contribution in [3.63, 3.8) is 0 Å². The van der Waals surface area contributed by atoms with Crippen LogP contribution in [0, 0.1) is 13.8 Å². The van der Waals surface area contributed by atoms with E-state index in [1.165, 1.54) is 11.1 Å². The van der Waals surface area contributed by atoms with Gasteiger partial charge in [-0.1, -0.05) is 24.3 Å². The first kappa shape index (κ1) is 17.8. The van der Waals surface area contributed by atoms with Crippen molar-refractivity contribution in [3.8, 4) is 0 Å². The number of aliphatic imine (C=N–C) groups is 1. The first-order valence-corrected chi connectivity index (χ1v) is 7.35. The van der Waals surface area contributed by atoms with Crippen LogP contribution >= 0.6 is 35.3 Å². The number of aromatic nitrogens is 2. The van der Waals surface area contributed by atoms with E-state index in [0.29, 0.717) is 12.5 Å². The Morgan fingerprint density at radius 1 is 1.24 bits per heavy atom. The molecule has 0 spiro atoms. The van der Waals surface area contributed by atoms with Crippen LogP contribution < -0.4 is 11.1 Å². The van der Waals surface area contributed by atoms with Crippen molar-refractivity contribution in [2.45, 2.75) is 33.7 Å². The lowest BCUT2D eigenvalue weighted by atomic mass is 10.1. The van der Waals surface area contributed by atoms with E-state index < -0.39 is 0 Å². The Bertz CT molecular complexity index is 624. The normalized spacial score (nSPS) is 11.1. The summed E-state index contributed by atoms with van der Waals surface area (Å²) in [6, 6.07) is 6.10. The van der Waals surface area contributed by atoms with Gasteiger partial charge in [0, 0.05) is 5.69 Å². The van der Waals surface area contributed by atoms with Crippen LogP contribution in [0.25, 0.3) is 0 Å². The number of hydrogen-bond acceptors (Lipinski definition) is 4. The van der Waals surface area contributed by atoms with E-state index in [0.717, 1.165) is 22.1 Å². The van der Waals surface area contributed by atoms with Gasteiger partial charge in [-0.05, 0) is 43.5 Å². The van der Waals surface area contributed by atoms with Gasteiger partial charge in [-0.3, -0.25) is 0 Å². The van der Waals surface area contributed by atoms with Crippen molar-refractivity contribution in [1.29, 1.82) is 0 Å². The van der Waals surface area contributed by atoms with Crippen molar-refractivity contribution in [1.82, 2.24) is 10.2 Å². The fourth-order valence-corrected chi connectivity index (χ4v) is 2.36. The number of guanidine groups is 1. The van der Waals surface area contributed by atoms with Crippen LogP contribution in [0.4, 0.5) is 5.69 Å². The van der Waals surface area contributed by atoms with Crippen LogP contribution in [0.2, 0.25) is 0 Å². The van der Waals surface area contributed by atoms with Gasteiger partial charge < -0.3 is 11.1 Å². The molecule has 0 unspecified atom stereocenters. The zero-order valence-corrected chi connectivity index (χ0v) is 15.5. The van der Waals surface area contributed by atoms with E-state index in [4.69, 9.17) is 5.73 Å². The van der Waals surface area contributed by atoms with E-state index in [1.807, 2.05) is 6.07 Å². The first-order valence-electron chi connectivity index (χ1n) is 6.54. The Balaban J connectivity index is 0.00000220. The standard InChI is InChI=1S/C14H19N5S.HI/c1-4-12-18-19-13(20-12)8-16-14(15)17-11-6-5-9(2)10(3)7-11;/h5-7H,4,8H2,1-3H3,(H3,15,16,17);1H. The van der Waals surface area contributed by atoms with Gasteiger partial charge in [0.1, 0.15) is 10.0 Å². The van der Waals surface area contributed by atoms with Crippen molar-refractivity contribution < 1.29 is 0 Å². The number of nitrogens with two attached hydrogens (primary N) is 1. The van der Waals surface area contributed by atoms with Crippen LogP contribution in [-0.2, 0) is 13.0 Å². The average molecular weight is 417 g/mol. The maximum Gasteiger partial charge on any atom is 0.193 e. The van der Waals surface area contributed by atoms with Crippen molar-refractivity contribution >= 4 is 47.0 Å². The smallest absolute Gasteiger partial charge is 0.193 e. The Labute approximate surface area is 146 Å². The van der Waals surface area contributed by atoms with E-state index in [-0.39, 0.29) is 24.0 Å². The molecular formula is C14H20IN5S. The number of benzene rings is 1. The van der Waals surface area contributed by atoms with Crippen molar-refractivity contribution in [2.24, 2.45) is 10.7 Å². The molecule has 0 saturated carbocycles. The maximum absolute atomic E-state index is 5.88. The van der Waals surface area contributed by atoms with Gasteiger partial charge in [0.05, 0.1) is 6.54 Å². The predicted molar refractivity (Wildman–Crippen MR) is 99.6 cm³/mol. The molecule has 7 heteroatoms. The molecule has 1 heterocycles. The number of aryl methyl sites for hydroxylation is 3. The first-order chi connectivity index (χ1) is 9.58. The van der Waals surface area contributed by atoms with E-state index in [2.05, 4.69) is 53.4 Å². The Hall–Kier alpha value is -1.22. The van der Waals surface area contributed by atoms with E-state index in [9.17, 15) is 0 Å². The zero-order valence-electron chi connectivity index (χ0n) is 12.4. The number of rotatable bonds is 4. The molecule has 1 aromatic carbocycles. The minimum absolute atomic E-state index is 0. The monoisotopic (exact) mass is 417 g/mol. The topological polar surface area (TPSA) is 76.2 Å². The van der Waals surface area contributed by atoms with Crippen LogP contribution in [0.5, 0.6) is 0 Å². The van der Waals surface area contributed by atoms with Crippen LogP contribution in [-0.4, -0.2) is 16.2 Å². The fraction of sp³-hybridized carbons (Fsp3) is 0.357. The van der Waals surface area contributed by atoms with Gasteiger partial charge in [-0.2, -0.15) is 0 Å². The fourth-order valence-electron chi connectivity index (χ4n) is 1.65. The molecule has 0 aliphatic rings. The van der Waals surface area contributed by atoms with Gasteiger partial charge in [0.15, 0.2) is 5.96 Å². The second kappa shape index (κ2) is 8.28. The third-order valence-corrected chi connectivity index (χ3v) is 4.03. The predicted octanol–water partition coefficient (Wildman–Crippen LogP) is 3.26. The minimum Gasteiger partial charge on any atom is -0.370 e. The largest absolute Gasteiger partial charge is 0.370 e. The number of hydrogen-bond donors (Lipinski definition) is 2. The van der Waals surface area contributed by atoms with Crippen molar-refractivity contribution in [2.75, 3.05) is 5.32 Å². The highest BCUT2D eigenvalue weighted by atomic mass is 127. The zero-order chi connectivity index (χ0) is 14.5. The lowest BCUT2D eigenvalue weighted by Gasteiger charge is -2.07. The molecule has 1 aromatic heterocycles. The molecule has 114 valence electrons. The summed E-state index contributed by atoms with van der Waals surface area (Å²) in [5, 5.41) is 13.1. The van der Waals surface area contributed by atoms with Gasteiger partial charge in [0.25, 0.3) is 0 Å². The number of halogens is 1. The second-order valence-corrected chi connectivity index (χ2v) is 5.72. The third kappa shape index (κ3) is 5.24. The molecule has 0 atom stereocenters. The molecule has 0 radical (unpaired) electrons. The molecule has 2 aromatic rings. The molecule has 3 N–H and O–H groups in total.